The van der Waals surface area contributed by atoms with E-state index in [0.29, 0.717) is 38.0 Å². The SMILES string of the molecule is COc1cc(C)nc(N2CCN(C(=O)[C@@H](C)n3cncn3)CC2)n1. The maximum atomic E-state index is 12.6. The molecule has 0 aliphatic carbocycles. The molecule has 3 rings (SSSR count). The first kappa shape index (κ1) is 16.2. The topological polar surface area (TPSA) is 89.3 Å². The highest BCUT2D eigenvalue weighted by molar-refractivity contribution is 5.80. The van der Waals surface area contributed by atoms with Crippen molar-refractivity contribution in [1.29, 1.82) is 0 Å². The Morgan fingerprint density at radius 3 is 2.62 bits per heavy atom. The molecule has 128 valence electrons. The van der Waals surface area contributed by atoms with Crippen LogP contribution in [0.4, 0.5) is 5.95 Å². The van der Waals surface area contributed by atoms with Crippen molar-refractivity contribution >= 4 is 11.9 Å². The number of methoxy groups -OCH3 is 1. The summed E-state index contributed by atoms with van der Waals surface area (Å²) < 4.78 is 6.77. The number of ether oxygens (including phenoxy) is 1. The van der Waals surface area contributed by atoms with E-state index in [1.807, 2.05) is 18.7 Å². The molecule has 2 aromatic heterocycles. The van der Waals surface area contributed by atoms with E-state index in [1.165, 1.54) is 6.33 Å². The molecule has 1 saturated heterocycles. The number of piperazine rings is 1. The van der Waals surface area contributed by atoms with Gasteiger partial charge in [0, 0.05) is 37.9 Å². The number of hydrogen-bond acceptors (Lipinski definition) is 7. The Labute approximate surface area is 140 Å². The van der Waals surface area contributed by atoms with Crippen molar-refractivity contribution < 1.29 is 9.53 Å². The molecule has 9 nitrogen and oxygen atoms in total. The summed E-state index contributed by atoms with van der Waals surface area (Å²) in [6.45, 7) is 6.35. The van der Waals surface area contributed by atoms with Crippen molar-refractivity contribution in [3.05, 3.63) is 24.4 Å². The Balaban J connectivity index is 1.63. The maximum absolute atomic E-state index is 12.6. The largest absolute Gasteiger partial charge is 0.481 e. The summed E-state index contributed by atoms with van der Waals surface area (Å²) in [6.07, 6.45) is 3.00. The van der Waals surface area contributed by atoms with Crippen LogP contribution in [-0.2, 0) is 4.79 Å². The molecule has 0 aromatic carbocycles. The summed E-state index contributed by atoms with van der Waals surface area (Å²) in [5.41, 5.74) is 0.857. The van der Waals surface area contributed by atoms with E-state index in [0.717, 1.165) is 5.69 Å². The van der Waals surface area contributed by atoms with Crippen molar-refractivity contribution in [3.8, 4) is 5.88 Å². The zero-order valence-corrected chi connectivity index (χ0v) is 14.1. The highest BCUT2D eigenvalue weighted by Crippen LogP contribution is 2.18. The van der Waals surface area contributed by atoms with Crippen LogP contribution in [-0.4, -0.2) is 68.8 Å². The number of carbonyl (C=O) groups is 1. The Hall–Kier alpha value is -2.71. The molecule has 0 bridgehead atoms. The van der Waals surface area contributed by atoms with E-state index in [-0.39, 0.29) is 11.9 Å². The average molecular weight is 331 g/mol. The first-order valence-corrected chi connectivity index (χ1v) is 7.86. The van der Waals surface area contributed by atoms with Gasteiger partial charge in [-0.1, -0.05) is 0 Å². The smallest absolute Gasteiger partial charge is 0.247 e. The molecule has 1 atom stereocenters. The molecule has 24 heavy (non-hydrogen) atoms. The quantitative estimate of drug-likeness (QED) is 0.795. The van der Waals surface area contributed by atoms with E-state index in [4.69, 9.17) is 4.74 Å². The lowest BCUT2D eigenvalue weighted by Crippen LogP contribution is -2.50. The van der Waals surface area contributed by atoms with Crippen LogP contribution in [0.5, 0.6) is 5.88 Å². The summed E-state index contributed by atoms with van der Waals surface area (Å²) in [5.74, 6) is 1.24. The number of nitrogens with zero attached hydrogens (tertiary/aromatic N) is 7. The Morgan fingerprint density at radius 1 is 1.25 bits per heavy atom. The third-order valence-electron chi connectivity index (χ3n) is 4.09. The highest BCUT2D eigenvalue weighted by Gasteiger charge is 2.27. The fraction of sp³-hybridized carbons (Fsp3) is 0.533. The molecule has 1 aliphatic rings. The molecule has 1 amide bonds. The number of rotatable bonds is 4. The van der Waals surface area contributed by atoms with Crippen LogP contribution < -0.4 is 9.64 Å². The fourth-order valence-electron chi connectivity index (χ4n) is 2.69. The highest BCUT2D eigenvalue weighted by atomic mass is 16.5. The van der Waals surface area contributed by atoms with Crippen molar-refractivity contribution in [2.45, 2.75) is 19.9 Å². The Morgan fingerprint density at radius 2 is 2.00 bits per heavy atom. The standard InChI is InChI=1S/C15H21N7O2/c1-11-8-13(24-3)19-15(18-11)21-6-4-20(5-7-21)14(23)12(2)22-10-16-9-17-22/h8-10,12H,4-7H2,1-3H3/t12-/m1/s1. The Kier molecular flexibility index (Phi) is 4.59. The van der Waals surface area contributed by atoms with Crippen LogP contribution in [0.3, 0.4) is 0 Å². The van der Waals surface area contributed by atoms with Gasteiger partial charge in [0.1, 0.15) is 18.7 Å². The number of aromatic nitrogens is 5. The van der Waals surface area contributed by atoms with Crippen LogP contribution in [0.1, 0.15) is 18.7 Å². The van der Waals surface area contributed by atoms with Crippen LogP contribution in [0.25, 0.3) is 0 Å². The molecule has 3 heterocycles. The second-order valence-corrected chi connectivity index (χ2v) is 5.72. The minimum Gasteiger partial charge on any atom is -0.481 e. The zero-order chi connectivity index (χ0) is 17.1. The maximum Gasteiger partial charge on any atom is 0.247 e. The number of amides is 1. The monoisotopic (exact) mass is 331 g/mol. The lowest BCUT2D eigenvalue weighted by Gasteiger charge is -2.36. The van der Waals surface area contributed by atoms with Crippen LogP contribution in [0.15, 0.2) is 18.7 Å². The molecule has 2 aromatic rings. The third kappa shape index (κ3) is 3.29. The van der Waals surface area contributed by atoms with Gasteiger partial charge in [0.05, 0.1) is 7.11 Å². The van der Waals surface area contributed by atoms with Crippen LogP contribution in [0, 0.1) is 6.92 Å². The van der Waals surface area contributed by atoms with Gasteiger partial charge in [0.15, 0.2) is 0 Å². The third-order valence-corrected chi connectivity index (χ3v) is 4.09. The van der Waals surface area contributed by atoms with E-state index < -0.39 is 0 Å². The molecule has 1 aliphatic heterocycles. The second-order valence-electron chi connectivity index (χ2n) is 5.72. The van der Waals surface area contributed by atoms with Gasteiger partial charge in [0.25, 0.3) is 0 Å². The van der Waals surface area contributed by atoms with Crippen LogP contribution in [0.2, 0.25) is 0 Å². The molecule has 0 saturated carbocycles. The number of hydrogen-bond donors (Lipinski definition) is 0. The normalized spacial score (nSPS) is 16.1. The molecule has 0 radical (unpaired) electrons. The first-order valence-electron chi connectivity index (χ1n) is 7.86. The molecule has 0 spiro atoms. The minimum atomic E-state index is -0.352. The average Bonchev–Trinajstić information content (AvgIpc) is 3.14. The van der Waals surface area contributed by atoms with Crippen molar-refractivity contribution in [2.24, 2.45) is 0 Å². The zero-order valence-electron chi connectivity index (χ0n) is 14.1. The van der Waals surface area contributed by atoms with E-state index >= 15 is 0 Å². The van der Waals surface area contributed by atoms with Gasteiger partial charge in [-0.2, -0.15) is 10.1 Å². The summed E-state index contributed by atoms with van der Waals surface area (Å²) in [7, 11) is 1.59. The number of anilines is 1. The van der Waals surface area contributed by atoms with E-state index in [1.54, 1.807) is 24.2 Å². The van der Waals surface area contributed by atoms with E-state index in [9.17, 15) is 4.79 Å². The number of carbonyl (C=O) groups excluding carboxylic acids is 1. The Bertz CT molecular complexity index is 696. The lowest BCUT2D eigenvalue weighted by atomic mass is 10.2. The summed E-state index contributed by atoms with van der Waals surface area (Å²) in [4.78, 5) is 29.2. The second kappa shape index (κ2) is 6.81. The summed E-state index contributed by atoms with van der Waals surface area (Å²) in [5, 5.41) is 4.04. The van der Waals surface area contributed by atoms with Crippen molar-refractivity contribution in [3.63, 3.8) is 0 Å². The van der Waals surface area contributed by atoms with Gasteiger partial charge in [-0.25, -0.2) is 14.6 Å². The van der Waals surface area contributed by atoms with E-state index in [2.05, 4.69) is 25.0 Å². The molecule has 1 fully saturated rings. The fourth-order valence-corrected chi connectivity index (χ4v) is 2.69. The summed E-state index contributed by atoms with van der Waals surface area (Å²) >= 11 is 0. The molecule has 0 unspecified atom stereocenters. The minimum absolute atomic E-state index is 0.0443. The molecule has 9 heteroatoms. The molecular formula is C15H21N7O2. The van der Waals surface area contributed by atoms with Crippen molar-refractivity contribution in [1.82, 2.24) is 29.6 Å². The van der Waals surface area contributed by atoms with Gasteiger partial charge in [-0.05, 0) is 13.8 Å². The van der Waals surface area contributed by atoms with Gasteiger partial charge in [-0.3, -0.25) is 4.79 Å². The molecule has 0 N–H and O–H groups in total. The van der Waals surface area contributed by atoms with Crippen LogP contribution >= 0.6 is 0 Å². The first-order chi connectivity index (χ1) is 11.6. The lowest BCUT2D eigenvalue weighted by molar-refractivity contribution is -0.134. The van der Waals surface area contributed by atoms with Gasteiger partial charge >= 0.3 is 0 Å². The van der Waals surface area contributed by atoms with Gasteiger partial charge < -0.3 is 14.5 Å². The summed E-state index contributed by atoms with van der Waals surface area (Å²) in [6, 6.07) is 1.44. The predicted octanol–water partition coefficient (Wildman–Crippen LogP) is 0.295. The van der Waals surface area contributed by atoms with Gasteiger partial charge in [0.2, 0.25) is 17.7 Å². The molecular weight excluding hydrogens is 310 g/mol. The number of aryl methyl sites for hydroxylation is 1. The predicted molar refractivity (Wildman–Crippen MR) is 86.8 cm³/mol. The van der Waals surface area contributed by atoms with Gasteiger partial charge in [-0.15, -0.1) is 0 Å². The van der Waals surface area contributed by atoms with Crippen molar-refractivity contribution in [2.75, 3.05) is 38.2 Å².